The lowest BCUT2D eigenvalue weighted by Crippen LogP contribution is -2.37. The maximum absolute atomic E-state index is 12.8. The molecule has 0 spiro atoms. The predicted octanol–water partition coefficient (Wildman–Crippen LogP) is 2.10. The van der Waals surface area contributed by atoms with E-state index in [1.807, 2.05) is 17.0 Å². The number of ether oxygens (including phenoxy) is 1. The average Bonchev–Trinajstić information content (AvgIpc) is 2.93. The van der Waals surface area contributed by atoms with Crippen LogP contribution in [0.1, 0.15) is 28.1 Å². The molecule has 2 aliphatic rings. The first-order valence-corrected chi connectivity index (χ1v) is 10.1. The Kier molecular flexibility index (Phi) is 5.57. The Morgan fingerprint density at radius 1 is 1.00 bits per heavy atom. The summed E-state index contributed by atoms with van der Waals surface area (Å²) in [6.45, 7) is 8.69. The van der Waals surface area contributed by atoms with Crippen molar-refractivity contribution in [2.75, 3.05) is 44.3 Å². The van der Waals surface area contributed by atoms with E-state index >= 15 is 0 Å². The number of carbonyl (C=O) groups is 1. The Labute approximate surface area is 166 Å². The number of morpholine rings is 1. The molecule has 0 N–H and O–H groups in total. The maximum atomic E-state index is 12.8. The third-order valence-corrected chi connectivity index (χ3v) is 5.66. The number of nitrogens with zero attached hydrogens (tertiary/aromatic N) is 4. The van der Waals surface area contributed by atoms with Crippen LogP contribution in [0.25, 0.3) is 0 Å². The second-order valence-corrected chi connectivity index (χ2v) is 7.68. The lowest BCUT2D eigenvalue weighted by Gasteiger charge is -2.27. The van der Waals surface area contributed by atoms with Crippen LogP contribution in [0.3, 0.4) is 0 Å². The van der Waals surface area contributed by atoms with Crippen molar-refractivity contribution in [1.29, 1.82) is 0 Å². The van der Waals surface area contributed by atoms with Crippen LogP contribution in [0.15, 0.2) is 24.3 Å². The quantitative estimate of drug-likeness (QED) is 0.816. The van der Waals surface area contributed by atoms with Crippen LogP contribution in [-0.2, 0) is 28.8 Å². The van der Waals surface area contributed by atoms with Gasteiger partial charge in [0.15, 0.2) is 0 Å². The van der Waals surface area contributed by atoms with Crippen molar-refractivity contribution < 1.29 is 9.53 Å². The minimum atomic E-state index is 0.190. The number of carbonyl (C=O) groups excluding carboxylic acids is 1. The van der Waals surface area contributed by atoms with Crippen LogP contribution in [0.2, 0.25) is 0 Å². The van der Waals surface area contributed by atoms with Gasteiger partial charge in [-0.1, -0.05) is 29.8 Å². The van der Waals surface area contributed by atoms with Crippen LogP contribution in [0.4, 0.5) is 5.95 Å². The Bertz CT molecular complexity index is 844. The molecule has 6 nitrogen and oxygen atoms in total. The zero-order chi connectivity index (χ0) is 19.5. The van der Waals surface area contributed by atoms with Gasteiger partial charge in [0.25, 0.3) is 0 Å². The molecule has 1 amide bonds. The number of anilines is 1. The Morgan fingerprint density at radius 3 is 2.46 bits per heavy atom. The molecule has 0 bridgehead atoms. The number of rotatable bonds is 3. The maximum Gasteiger partial charge on any atom is 0.227 e. The molecule has 4 rings (SSSR count). The lowest BCUT2D eigenvalue weighted by molar-refractivity contribution is -0.130. The summed E-state index contributed by atoms with van der Waals surface area (Å²) < 4.78 is 5.44. The van der Waals surface area contributed by atoms with E-state index in [4.69, 9.17) is 14.7 Å². The van der Waals surface area contributed by atoms with E-state index < -0.39 is 0 Å². The second kappa shape index (κ2) is 8.27. The van der Waals surface area contributed by atoms with E-state index in [0.29, 0.717) is 6.42 Å². The number of hydrogen-bond acceptors (Lipinski definition) is 5. The van der Waals surface area contributed by atoms with Gasteiger partial charge >= 0.3 is 0 Å². The van der Waals surface area contributed by atoms with E-state index in [9.17, 15) is 4.79 Å². The third kappa shape index (κ3) is 4.17. The van der Waals surface area contributed by atoms with Gasteiger partial charge < -0.3 is 14.5 Å². The van der Waals surface area contributed by atoms with E-state index in [-0.39, 0.29) is 5.91 Å². The summed E-state index contributed by atoms with van der Waals surface area (Å²) in [5, 5.41) is 0. The SMILES string of the molecule is Cc1ccc(CC(=O)N2CCc3nc(N4CCOCC4)nc(C)c3CC2)cc1. The molecule has 1 saturated heterocycles. The fourth-order valence-corrected chi connectivity index (χ4v) is 3.92. The number of aromatic nitrogens is 2. The Hall–Kier alpha value is -2.47. The van der Waals surface area contributed by atoms with E-state index in [2.05, 4.69) is 30.9 Å². The first-order valence-electron chi connectivity index (χ1n) is 10.1. The van der Waals surface area contributed by atoms with Crippen LogP contribution in [0.5, 0.6) is 0 Å². The summed E-state index contributed by atoms with van der Waals surface area (Å²) in [5.74, 6) is 0.995. The summed E-state index contributed by atoms with van der Waals surface area (Å²) in [7, 11) is 0. The van der Waals surface area contributed by atoms with Crippen molar-refractivity contribution in [3.05, 3.63) is 52.3 Å². The fraction of sp³-hybridized carbons (Fsp3) is 0.500. The van der Waals surface area contributed by atoms with E-state index in [0.717, 1.165) is 75.1 Å². The monoisotopic (exact) mass is 380 g/mol. The van der Waals surface area contributed by atoms with Crippen molar-refractivity contribution in [3.63, 3.8) is 0 Å². The highest BCUT2D eigenvalue weighted by molar-refractivity contribution is 5.79. The van der Waals surface area contributed by atoms with Gasteiger partial charge in [-0.3, -0.25) is 4.79 Å². The van der Waals surface area contributed by atoms with E-state index in [1.54, 1.807) is 0 Å². The normalized spacial score (nSPS) is 17.2. The van der Waals surface area contributed by atoms with Gasteiger partial charge in [-0.05, 0) is 31.4 Å². The molecule has 6 heteroatoms. The summed E-state index contributed by atoms with van der Waals surface area (Å²) in [6.07, 6.45) is 2.07. The van der Waals surface area contributed by atoms with Crippen molar-refractivity contribution in [2.24, 2.45) is 0 Å². The molecule has 1 aromatic carbocycles. The molecule has 1 fully saturated rings. The van der Waals surface area contributed by atoms with Crippen LogP contribution < -0.4 is 4.90 Å². The van der Waals surface area contributed by atoms with Gasteiger partial charge in [-0.25, -0.2) is 9.97 Å². The third-order valence-electron chi connectivity index (χ3n) is 5.66. The van der Waals surface area contributed by atoms with Crippen LogP contribution in [0, 0.1) is 13.8 Å². The molecular weight excluding hydrogens is 352 g/mol. The minimum absolute atomic E-state index is 0.190. The van der Waals surface area contributed by atoms with Gasteiger partial charge in [-0.15, -0.1) is 0 Å². The summed E-state index contributed by atoms with van der Waals surface area (Å²) in [6, 6.07) is 8.22. The first-order chi connectivity index (χ1) is 13.6. The van der Waals surface area contributed by atoms with Gasteiger partial charge in [0, 0.05) is 38.3 Å². The molecule has 2 aliphatic heterocycles. The molecule has 0 radical (unpaired) electrons. The molecule has 0 unspecified atom stereocenters. The van der Waals surface area contributed by atoms with E-state index in [1.165, 1.54) is 11.1 Å². The molecule has 0 saturated carbocycles. The summed E-state index contributed by atoms with van der Waals surface area (Å²) in [4.78, 5) is 26.6. The number of aryl methyl sites for hydroxylation is 2. The van der Waals surface area contributed by atoms with Crippen molar-refractivity contribution >= 4 is 11.9 Å². The highest BCUT2D eigenvalue weighted by Crippen LogP contribution is 2.21. The molecule has 1 aromatic heterocycles. The lowest BCUT2D eigenvalue weighted by atomic mass is 10.1. The first kappa shape index (κ1) is 18.9. The zero-order valence-electron chi connectivity index (χ0n) is 16.8. The highest BCUT2D eigenvalue weighted by atomic mass is 16.5. The second-order valence-electron chi connectivity index (χ2n) is 7.68. The summed E-state index contributed by atoms with van der Waals surface area (Å²) >= 11 is 0. The predicted molar refractivity (Wildman–Crippen MR) is 109 cm³/mol. The molecule has 148 valence electrons. The standard InChI is InChI=1S/C22H28N4O2/c1-16-3-5-18(6-4-16)15-21(27)25-9-7-19-17(2)23-22(24-20(19)8-10-25)26-11-13-28-14-12-26/h3-6H,7-15H2,1-2H3. The molecule has 0 atom stereocenters. The number of amides is 1. The molecular formula is C22H28N4O2. The Balaban J connectivity index is 1.46. The van der Waals surface area contributed by atoms with Crippen LogP contribution in [-0.4, -0.2) is 60.2 Å². The largest absolute Gasteiger partial charge is 0.378 e. The molecule has 0 aliphatic carbocycles. The fourth-order valence-electron chi connectivity index (χ4n) is 3.92. The van der Waals surface area contributed by atoms with Crippen molar-refractivity contribution in [3.8, 4) is 0 Å². The van der Waals surface area contributed by atoms with Gasteiger partial charge in [-0.2, -0.15) is 0 Å². The molecule has 28 heavy (non-hydrogen) atoms. The minimum Gasteiger partial charge on any atom is -0.378 e. The number of benzene rings is 1. The Morgan fingerprint density at radius 2 is 1.71 bits per heavy atom. The highest BCUT2D eigenvalue weighted by Gasteiger charge is 2.23. The smallest absolute Gasteiger partial charge is 0.227 e. The van der Waals surface area contributed by atoms with Crippen LogP contribution >= 0.6 is 0 Å². The van der Waals surface area contributed by atoms with Gasteiger partial charge in [0.05, 0.1) is 25.3 Å². The summed E-state index contributed by atoms with van der Waals surface area (Å²) in [5.41, 5.74) is 5.64. The van der Waals surface area contributed by atoms with Crippen molar-refractivity contribution in [2.45, 2.75) is 33.1 Å². The zero-order valence-corrected chi connectivity index (χ0v) is 16.8. The number of fused-ring (bicyclic) bond motifs is 1. The average molecular weight is 380 g/mol. The van der Waals surface area contributed by atoms with Gasteiger partial charge in [0.1, 0.15) is 0 Å². The van der Waals surface area contributed by atoms with Gasteiger partial charge in [0.2, 0.25) is 11.9 Å². The molecule has 2 aromatic rings. The number of hydrogen-bond donors (Lipinski definition) is 0. The van der Waals surface area contributed by atoms with Crippen molar-refractivity contribution in [1.82, 2.24) is 14.9 Å². The topological polar surface area (TPSA) is 58.6 Å². The molecule has 3 heterocycles.